The highest BCUT2D eigenvalue weighted by molar-refractivity contribution is 5.67. The summed E-state index contributed by atoms with van der Waals surface area (Å²) in [5.41, 5.74) is 5.13. The Hall–Kier alpha value is -0.770. The number of carbonyl (C=O) groups is 1. The summed E-state index contributed by atoms with van der Waals surface area (Å²) in [7, 11) is 0. The van der Waals surface area contributed by atoms with E-state index in [1.807, 2.05) is 20.8 Å². The summed E-state index contributed by atoms with van der Waals surface area (Å²) >= 11 is 0. The lowest BCUT2D eigenvalue weighted by atomic mass is 9.80. The molecule has 4 heteroatoms. The van der Waals surface area contributed by atoms with Gasteiger partial charge in [-0.1, -0.05) is 12.8 Å². The zero-order valence-corrected chi connectivity index (χ0v) is 12.7. The Morgan fingerprint density at radius 2 is 1.79 bits per heavy atom. The van der Waals surface area contributed by atoms with Crippen molar-refractivity contribution in [2.45, 2.75) is 64.9 Å². The van der Waals surface area contributed by atoms with E-state index in [1.54, 1.807) is 0 Å². The fourth-order valence-corrected chi connectivity index (χ4v) is 2.67. The summed E-state index contributed by atoms with van der Waals surface area (Å²) in [4.78, 5) is 11.6. The molecule has 0 radical (unpaired) electrons. The van der Waals surface area contributed by atoms with E-state index in [2.05, 4.69) is 5.32 Å². The maximum Gasteiger partial charge on any atom is 0.407 e. The molecule has 0 aromatic heterocycles. The van der Waals surface area contributed by atoms with Crippen LogP contribution in [0.2, 0.25) is 0 Å². The Morgan fingerprint density at radius 1 is 1.21 bits per heavy atom. The molecule has 4 nitrogen and oxygen atoms in total. The summed E-state index contributed by atoms with van der Waals surface area (Å²) < 4.78 is 5.24. The van der Waals surface area contributed by atoms with Gasteiger partial charge in [-0.25, -0.2) is 4.79 Å². The molecular formula is C15H30N2O2. The Kier molecular flexibility index (Phi) is 6.63. The van der Waals surface area contributed by atoms with Crippen LogP contribution in [-0.2, 0) is 4.74 Å². The van der Waals surface area contributed by atoms with Crippen molar-refractivity contribution < 1.29 is 9.53 Å². The van der Waals surface area contributed by atoms with Crippen LogP contribution in [0.4, 0.5) is 4.79 Å². The van der Waals surface area contributed by atoms with E-state index >= 15 is 0 Å². The van der Waals surface area contributed by atoms with Gasteiger partial charge in [-0.15, -0.1) is 0 Å². The molecule has 112 valence electrons. The number of hydrogen-bond donors (Lipinski definition) is 2. The highest BCUT2D eigenvalue weighted by atomic mass is 16.6. The molecule has 1 fully saturated rings. The zero-order valence-electron chi connectivity index (χ0n) is 12.7. The van der Waals surface area contributed by atoms with Crippen LogP contribution in [0.5, 0.6) is 0 Å². The smallest absolute Gasteiger partial charge is 0.407 e. The van der Waals surface area contributed by atoms with E-state index in [9.17, 15) is 4.79 Å². The Morgan fingerprint density at radius 3 is 2.32 bits per heavy atom. The summed E-state index contributed by atoms with van der Waals surface area (Å²) in [6.07, 6.45) is 7.10. The third-order valence-electron chi connectivity index (χ3n) is 3.72. The maximum atomic E-state index is 11.6. The third-order valence-corrected chi connectivity index (χ3v) is 3.72. The first-order valence-corrected chi connectivity index (χ1v) is 7.57. The van der Waals surface area contributed by atoms with Gasteiger partial charge < -0.3 is 15.8 Å². The van der Waals surface area contributed by atoms with E-state index < -0.39 is 5.60 Å². The van der Waals surface area contributed by atoms with Gasteiger partial charge >= 0.3 is 6.09 Å². The van der Waals surface area contributed by atoms with Crippen LogP contribution in [-0.4, -0.2) is 24.8 Å². The van der Waals surface area contributed by atoms with Crippen molar-refractivity contribution in [3.8, 4) is 0 Å². The van der Waals surface area contributed by atoms with E-state index in [4.69, 9.17) is 10.5 Å². The molecular weight excluding hydrogens is 240 g/mol. The molecule has 1 rings (SSSR count). The zero-order chi connectivity index (χ0) is 14.3. The minimum absolute atomic E-state index is 0.294. The van der Waals surface area contributed by atoms with Crippen molar-refractivity contribution in [3.63, 3.8) is 0 Å². The maximum absolute atomic E-state index is 11.6. The molecule has 1 aliphatic rings. The molecule has 0 atom stereocenters. The van der Waals surface area contributed by atoms with Gasteiger partial charge in [0.05, 0.1) is 0 Å². The van der Waals surface area contributed by atoms with Gasteiger partial charge in [0, 0.05) is 6.54 Å². The monoisotopic (exact) mass is 270 g/mol. The van der Waals surface area contributed by atoms with Crippen LogP contribution in [0, 0.1) is 11.8 Å². The summed E-state index contributed by atoms with van der Waals surface area (Å²) in [5.74, 6) is 1.46. The van der Waals surface area contributed by atoms with Gasteiger partial charge in [0.15, 0.2) is 0 Å². The van der Waals surface area contributed by atoms with E-state index in [0.717, 1.165) is 25.4 Å². The van der Waals surface area contributed by atoms with Crippen LogP contribution in [0.15, 0.2) is 0 Å². The van der Waals surface area contributed by atoms with Crippen molar-refractivity contribution in [3.05, 3.63) is 0 Å². The van der Waals surface area contributed by atoms with E-state index in [1.165, 1.54) is 32.1 Å². The molecule has 0 heterocycles. The first-order chi connectivity index (χ1) is 8.90. The Balaban J connectivity index is 2.14. The summed E-state index contributed by atoms with van der Waals surface area (Å²) in [6, 6.07) is 0. The quantitative estimate of drug-likeness (QED) is 0.807. The van der Waals surface area contributed by atoms with Crippen molar-refractivity contribution in [2.24, 2.45) is 17.6 Å². The molecule has 0 unspecified atom stereocenters. The first kappa shape index (κ1) is 16.3. The molecule has 0 aromatic rings. The molecule has 0 aromatic carbocycles. The molecule has 0 bridgehead atoms. The molecule has 1 amide bonds. The van der Waals surface area contributed by atoms with Gasteiger partial charge in [-0.2, -0.15) is 0 Å². The molecule has 0 saturated heterocycles. The fourth-order valence-electron chi connectivity index (χ4n) is 2.67. The molecule has 1 saturated carbocycles. The highest BCUT2D eigenvalue weighted by Gasteiger charge is 2.22. The SMILES string of the molecule is CC(C)(C)OC(=O)NCC1CCC(CCCN)CC1. The van der Waals surface area contributed by atoms with Crippen LogP contribution >= 0.6 is 0 Å². The van der Waals surface area contributed by atoms with Gasteiger partial charge in [-0.05, 0) is 64.8 Å². The Bertz CT molecular complexity index is 266. The summed E-state index contributed by atoms with van der Waals surface area (Å²) in [6.45, 7) is 7.21. The van der Waals surface area contributed by atoms with Crippen molar-refractivity contribution in [1.29, 1.82) is 0 Å². The number of rotatable bonds is 5. The van der Waals surface area contributed by atoms with Crippen LogP contribution in [0.3, 0.4) is 0 Å². The molecule has 19 heavy (non-hydrogen) atoms. The number of nitrogens with one attached hydrogen (secondary N) is 1. The lowest BCUT2D eigenvalue weighted by molar-refractivity contribution is 0.0513. The average molecular weight is 270 g/mol. The summed E-state index contributed by atoms with van der Waals surface area (Å²) in [5, 5.41) is 2.89. The molecule has 0 spiro atoms. The normalized spacial score (nSPS) is 24.0. The number of carbonyl (C=O) groups excluding carboxylic acids is 1. The minimum Gasteiger partial charge on any atom is -0.444 e. The highest BCUT2D eigenvalue weighted by Crippen LogP contribution is 2.31. The van der Waals surface area contributed by atoms with Crippen LogP contribution < -0.4 is 11.1 Å². The number of nitrogens with two attached hydrogens (primary N) is 1. The van der Waals surface area contributed by atoms with E-state index in [0.29, 0.717) is 5.92 Å². The second-order valence-corrected chi connectivity index (χ2v) is 6.70. The molecule has 3 N–H and O–H groups in total. The van der Waals surface area contributed by atoms with Gasteiger partial charge in [0.25, 0.3) is 0 Å². The van der Waals surface area contributed by atoms with Crippen LogP contribution in [0.1, 0.15) is 59.3 Å². The largest absolute Gasteiger partial charge is 0.444 e. The Labute approximate surface area is 117 Å². The number of amides is 1. The van der Waals surface area contributed by atoms with E-state index in [-0.39, 0.29) is 6.09 Å². The minimum atomic E-state index is -0.413. The predicted octanol–water partition coefficient (Wildman–Crippen LogP) is 3.06. The standard InChI is InChI=1S/C15H30N2O2/c1-15(2,3)19-14(18)17-11-13-8-6-12(7-9-13)5-4-10-16/h12-13H,4-11,16H2,1-3H3,(H,17,18). The molecule has 0 aliphatic heterocycles. The van der Waals surface area contributed by atoms with Gasteiger partial charge in [-0.3, -0.25) is 0 Å². The number of alkyl carbamates (subject to hydrolysis) is 1. The van der Waals surface area contributed by atoms with Crippen LogP contribution in [0.25, 0.3) is 0 Å². The third kappa shape index (κ3) is 7.41. The predicted molar refractivity (Wildman–Crippen MR) is 78.0 cm³/mol. The number of ether oxygens (including phenoxy) is 1. The second kappa shape index (κ2) is 7.73. The second-order valence-electron chi connectivity index (χ2n) is 6.70. The first-order valence-electron chi connectivity index (χ1n) is 7.57. The molecule has 1 aliphatic carbocycles. The van der Waals surface area contributed by atoms with Gasteiger partial charge in [0.1, 0.15) is 5.60 Å². The lowest BCUT2D eigenvalue weighted by Crippen LogP contribution is -2.36. The topological polar surface area (TPSA) is 64.3 Å². The van der Waals surface area contributed by atoms with Gasteiger partial charge in [0.2, 0.25) is 0 Å². The lowest BCUT2D eigenvalue weighted by Gasteiger charge is -2.29. The fraction of sp³-hybridized carbons (Fsp3) is 0.933. The van der Waals surface area contributed by atoms with Crippen molar-refractivity contribution in [1.82, 2.24) is 5.32 Å². The number of hydrogen-bond acceptors (Lipinski definition) is 3. The van der Waals surface area contributed by atoms with Crippen molar-refractivity contribution >= 4 is 6.09 Å². The average Bonchev–Trinajstić information content (AvgIpc) is 2.33. The van der Waals surface area contributed by atoms with Crippen molar-refractivity contribution in [2.75, 3.05) is 13.1 Å².